The van der Waals surface area contributed by atoms with Crippen LogP contribution in [0.3, 0.4) is 0 Å². The largest absolute Gasteiger partial charge is 0.497 e. The second-order valence-corrected chi connectivity index (χ2v) is 13.9. The highest BCUT2D eigenvalue weighted by Gasteiger charge is 2.35. The van der Waals surface area contributed by atoms with Crippen molar-refractivity contribution >= 4 is 27.5 Å². The second kappa shape index (κ2) is 15.8. The number of amides is 2. The number of carbonyl (C=O) groups is 2. The summed E-state index contributed by atoms with van der Waals surface area (Å²) in [6.07, 6.45) is 0.954. The number of ether oxygens (including phenoxy) is 1. The Morgan fingerprint density at radius 2 is 1.49 bits per heavy atom. The molecule has 8 nitrogen and oxygen atoms in total. The minimum atomic E-state index is -4.18. The van der Waals surface area contributed by atoms with Gasteiger partial charge in [0.25, 0.3) is 10.0 Å². The van der Waals surface area contributed by atoms with Gasteiger partial charge in [0.2, 0.25) is 11.8 Å². The highest BCUT2D eigenvalue weighted by Crippen LogP contribution is 2.29. The molecule has 2 amide bonds. The van der Waals surface area contributed by atoms with Crippen molar-refractivity contribution < 1.29 is 22.7 Å². The van der Waals surface area contributed by atoms with Crippen molar-refractivity contribution in [3.8, 4) is 5.75 Å². The van der Waals surface area contributed by atoms with E-state index in [0.29, 0.717) is 23.4 Å². The van der Waals surface area contributed by atoms with Crippen LogP contribution in [0, 0.1) is 20.8 Å². The van der Waals surface area contributed by atoms with Crippen LogP contribution in [0.1, 0.15) is 48.1 Å². The number of carbonyl (C=O) groups excluding carboxylic acids is 2. The highest BCUT2D eigenvalue weighted by molar-refractivity contribution is 7.92. The predicted octanol–water partition coefficient (Wildman–Crippen LogP) is 6.37. The number of hydrogen-bond acceptors (Lipinski definition) is 5. The lowest BCUT2D eigenvalue weighted by Crippen LogP contribution is -2.54. The molecule has 0 fully saturated rings. The van der Waals surface area contributed by atoms with Crippen molar-refractivity contribution in [3.05, 3.63) is 125 Å². The van der Waals surface area contributed by atoms with Gasteiger partial charge < -0.3 is 15.0 Å². The van der Waals surface area contributed by atoms with E-state index >= 15 is 0 Å². The Labute approximate surface area is 279 Å². The van der Waals surface area contributed by atoms with Crippen LogP contribution in [-0.2, 0) is 32.6 Å². The number of hydrogen-bond donors (Lipinski definition) is 1. The average Bonchev–Trinajstić information content (AvgIpc) is 3.06. The molecule has 47 heavy (non-hydrogen) atoms. The minimum Gasteiger partial charge on any atom is -0.497 e. The molecule has 0 aliphatic heterocycles. The van der Waals surface area contributed by atoms with E-state index in [1.165, 1.54) is 9.21 Å². The number of anilines is 1. The molecule has 0 saturated heterocycles. The fraction of sp³-hybridized carbons (Fsp3) is 0.316. The summed E-state index contributed by atoms with van der Waals surface area (Å²) in [4.78, 5) is 30.3. The Morgan fingerprint density at radius 3 is 2.13 bits per heavy atom. The summed E-state index contributed by atoms with van der Waals surface area (Å²) < 4.78 is 35.3. The van der Waals surface area contributed by atoms with E-state index in [9.17, 15) is 18.0 Å². The SMILES string of the molecule is CC[C@@H](C)NC(=O)[C@@H](Cc1ccccc1)N(Cc1cccc(OC)c1)C(=O)CN(c1ccc(C)cc1C)S(=O)(=O)c1ccc(C)cc1. The lowest BCUT2D eigenvalue weighted by molar-refractivity contribution is -0.140. The number of nitrogens with zero attached hydrogens (tertiary/aromatic N) is 2. The standard InChI is InChI=1S/C38H45N3O5S/c1-7-30(5)39-38(43)36(24-31-12-9-8-10-13-31)40(25-32-14-11-15-33(23-32)46-6)37(42)26-41(35-21-18-28(3)22-29(35)4)47(44,45)34-19-16-27(2)17-20-34/h8-23,30,36H,7,24-26H2,1-6H3,(H,39,43)/t30-,36-/m1/s1. The maximum Gasteiger partial charge on any atom is 0.264 e. The molecule has 0 heterocycles. The molecule has 1 N–H and O–H groups in total. The number of methoxy groups -OCH3 is 1. The van der Waals surface area contributed by atoms with Crippen LogP contribution in [0.4, 0.5) is 5.69 Å². The summed E-state index contributed by atoms with van der Waals surface area (Å²) in [5.74, 6) is -0.208. The molecule has 0 saturated carbocycles. The van der Waals surface area contributed by atoms with Crippen LogP contribution in [-0.4, -0.2) is 50.9 Å². The Kier molecular flexibility index (Phi) is 11.8. The third-order valence-electron chi connectivity index (χ3n) is 8.27. The zero-order chi connectivity index (χ0) is 34.1. The molecule has 0 aliphatic rings. The van der Waals surface area contributed by atoms with Crippen LogP contribution in [0.5, 0.6) is 5.75 Å². The van der Waals surface area contributed by atoms with E-state index in [4.69, 9.17) is 4.74 Å². The van der Waals surface area contributed by atoms with E-state index in [1.807, 2.05) is 101 Å². The van der Waals surface area contributed by atoms with Crippen LogP contribution in [0.25, 0.3) is 0 Å². The molecule has 0 aromatic heterocycles. The van der Waals surface area contributed by atoms with Gasteiger partial charge in [-0.15, -0.1) is 0 Å². The quantitative estimate of drug-likeness (QED) is 0.170. The van der Waals surface area contributed by atoms with Crippen LogP contribution >= 0.6 is 0 Å². The van der Waals surface area contributed by atoms with Gasteiger partial charge in [-0.3, -0.25) is 13.9 Å². The van der Waals surface area contributed by atoms with Crippen LogP contribution in [0.2, 0.25) is 0 Å². The van der Waals surface area contributed by atoms with Crippen molar-refractivity contribution in [2.45, 2.75) is 71.0 Å². The summed E-state index contributed by atoms with van der Waals surface area (Å²) in [5, 5.41) is 3.07. The van der Waals surface area contributed by atoms with Crippen molar-refractivity contribution in [1.29, 1.82) is 0 Å². The third-order valence-corrected chi connectivity index (χ3v) is 10.0. The first-order valence-electron chi connectivity index (χ1n) is 15.9. The average molecular weight is 656 g/mol. The Bertz CT molecular complexity index is 1780. The van der Waals surface area contributed by atoms with Gasteiger partial charge in [0.1, 0.15) is 18.3 Å². The number of benzene rings is 4. The molecule has 248 valence electrons. The smallest absolute Gasteiger partial charge is 0.264 e. The van der Waals surface area contributed by atoms with Crippen molar-refractivity contribution in [2.75, 3.05) is 18.0 Å². The van der Waals surface area contributed by atoms with Gasteiger partial charge in [-0.25, -0.2) is 8.42 Å². The second-order valence-electron chi connectivity index (χ2n) is 12.0. The van der Waals surface area contributed by atoms with Gasteiger partial charge in [0.15, 0.2) is 0 Å². The molecular formula is C38H45N3O5S. The summed E-state index contributed by atoms with van der Waals surface area (Å²) in [7, 11) is -2.61. The first-order valence-corrected chi connectivity index (χ1v) is 17.3. The van der Waals surface area contributed by atoms with Gasteiger partial charge in [-0.1, -0.05) is 84.8 Å². The first kappa shape index (κ1) is 35.2. The Morgan fingerprint density at radius 1 is 0.830 bits per heavy atom. The summed E-state index contributed by atoms with van der Waals surface area (Å²) >= 11 is 0. The Balaban J connectivity index is 1.84. The molecular weight excluding hydrogens is 611 g/mol. The van der Waals surface area contributed by atoms with Crippen LogP contribution in [0.15, 0.2) is 102 Å². The molecule has 4 rings (SSSR count). The van der Waals surface area contributed by atoms with Gasteiger partial charge in [-0.2, -0.15) is 0 Å². The Hall–Kier alpha value is -4.63. The molecule has 2 atom stereocenters. The fourth-order valence-electron chi connectivity index (χ4n) is 5.40. The predicted molar refractivity (Wildman–Crippen MR) is 187 cm³/mol. The number of nitrogens with one attached hydrogen (secondary N) is 1. The van der Waals surface area contributed by atoms with Crippen molar-refractivity contribution in [2.24, 2.45) is 0 Å². The summed E-state index contributed by atoms with van der Waals surface area (Å²) in [5.41, 5.74) is 4.61. The molecule has 4 aromatic rings. The van der Waals surface area contributed by atoms with Gasteiger partial charge in [-0.05, 0) is 81.1 Å². The van der Waals surface area contributed by atoms with E-state index in [0.717, 1.165) is 22.3 Å². The van der Waals surface area contributed by atoms with E-state index in [1.54, 1.807) is 37.4 Å². The third kappa shape index (κ3) is 9.01. The monoisotopic (exact) mass is 655 g/mol. The molecule has 0 aliphatic carbocycles. The van der Waals surface area contributed by atoms with Gasteiger partial charge >= 0.3 is 0 Å². The molecule has 0 bridgehead atoms. The van der Waals surface area contributed by atoms with E-state index in [2.05, 4.69) is 5.32 Å². The molecule has 0 unspecified atom stereocenters. The number of rotatable bonds is 14. The summed E-state index contributed by atoms with van der Waals surface area (Å²) in [6, 6.07) is 27.8. The lowest BCUT2D eigenvalue weighted by Gasteiger charge is -2.34. The summed E-state index contributed by atoms with van der Waals surface area (Å²) in [6.45, 7) is 9.10. The molecule has 4 aromatic carbocycles. The maximum atomic E-state index is 14.7. The normalized spacial score (nSPS) is 12.6. The van der Waals surface area contributed by atoms with Crippen molar-refractivity contribution in [1.82, 2.24) is 10.2 Å². The molecule has 0 radical (unpaired) electrons. The minimum absolute atomic E-state index is 0.0623. The number of aryl methyl sites for hydroxylation is 3. The number of sulfonamides is 1. The van der Waals surface area contributed by atoms with E-state index < -0.39 is 28.5 Å². The topological polar surface area (TPSA) is 96.0 Å². The zero-order valence-electron chi connectivity index (χ0n) is 28.1. The van der Waals surface area contributed by atoms with Gasteiger partial charge in [0, 0.05) is 19.0 Å². The van der Waals surface area contributed by atoms with Crippen molar-refractivity contribution in [3.63, 3.8) is 0 Å². The zero-order valence-corrected chi connectivity index (χ0v) is 28.9. The maximum absolute atomic E-state index is 14.7. The fourth-order valence-corrected chi connectivity index (χ4v) is 6.88. The first-order chi connectivity index (χ1) is 22.4. The lowest BCUT2D eigenvalue weighted by atomic mass is 10.0. The van der Waals surface area contributed by atoms with Gasteiger partial charge in [0.05, 0.1) is 17.7 Å². The van der Waals surface area contributed by atoms with Crippen LogP contribution < -0.4 is 14.4 Å². The molecule has 0 spiro atoms. The van der Waals surface area contributed by atoms with E-state index in [-0.39, 0.29) is 29.8 Å². The molecule has 9 heteroatoms. The highest BCUT2D eigenvalue weighted by atomic mass is 32.2.